The molecule has 0 aromatic heterocycles. The molecular weight excluding hydrogens is 338 g/mol. The Morgan fingerprint density at radius 3 is 2.32 bits per heavy atom. The van der Waals surface area contributed by atoms with Gasteiger partial charge in [-0.3, -0.25) is 4.79 Å². The summed E-state index contributed by atoms with van der Waals surface area (Å²) in [6.45, 7) is 0. The van der Waals surface area contributed by atoms with E-state index in [1.54, 1.807) is 0 Å². The van der Waals surface area contributed by atoms with Gasteiger partial charge in [-0.2, -0.15) is 12.6 Å². The standard InChI is InChI=1S/C18H25NOS.CH2O3/c20-17(19-16-8-2-1-3-9-16)18(13-21)11-10-14-6-4-5-7-15(14)12-18;2-1(3)4/h4-7,16,21H,1-3,8-13H2,(H,19,20);(H2,2,3,4). The molecule has 1 aromatic carbocycles. The van der Waals surface area contributed by atoms with Crippen molar-refractivity contribution in [3.05, 3.63) is 35.4 Å². The fourth-order valence-electron chi connectivity index (χ4n) is 3.79. The molecule has 3 N–H and O–H groups in total. The normalized spacial score (nSPS) is 22.9. The van der Waals surface area contributed by atoms with Crippen molar-refractivity contribution >= 4 is 24.7 Å². The molecule has 25 heavy (non-hydrogen) atoms. The van der Waals surface area contributed by atoms with Crippen LogP contribution in [0.25, 0.3) is 0 Å². The first kappa shape index (κ1) is 19.6. The summed E-state index contributed by atoms with van der Waals surface area (Å²) in [7, 11) is 0. The number of amides is 1. The highest BCUT2D eigenvalue weighted by Crippen LogP contribution is 2.37. The van der Waals surface area contributed by atoms with E-state index >= 15 is 0 Å². The van der Waals surface area contributed by atoms with Gasteiger partial charge < -0.3 is 15.5 Å². The molecule has 0 spiro atoms. The lowest BCUT2D eigenvalue weighted by molar-refractivity contribution is -0.131. The molecule has 1 unspecified atom stereocenters. The first-order valence-electron chi connectivity index (χ1n) is 8.87. The number of carboxylic acid groups (broad SMARTS) is 2. The molecule has 1 saturated carbocycles. The Morgan fingerprint density at radius 2 is 1.72 bits per heavy atom. The molecule has 3 rings (SSSR count). The number of carbonyl (C=O) groups excluding carboxylic acids is 1. The predicted molar refractivity (Wildman–Crippen MR) is 100 cm³/mol. The monoisotopic (exact) mass is 365 g/mol. The molecule has 1 atom stereocenters. The van der Waals surface area contributed by atoms with Crippen molar-refractivity contribution in [1.29, 1.82) is 0 Å². The van der Waals surface area contributed by atoms with Crippen LogP contribution in [0, 0.1) is 5.41 Å². The number of carbonyl (C=O) groups is 2. The van der Waals surface area contributed by atoms with Gasteiger partial charge in [0.1, 0.15) is 0 Å². The van der Waals surface area contributed by atoms with Crippen LogP contribution >= 0.6 is 12.6 Å². The predicted octanol–water partition coefficient (Wildman–Crippen LogP) is 3.76. The molecule has 5 nitrogen and oxygen atoms in total. The number of fused-ring (bicyclic) bond motifs is 1. The van der Waals surface area contributed by atoms with E-state index < -0.39 is 6.16 Å². The molecule has 1 aromatic rings. The Labute approximate surface area is 154 Å². The van der Waals surface area contributed by atoms with Gasteiger partial charge in [-0.1, -0.05) is 43.5 Å². The molecule has 0 heterocycles. The Bertz CT molecular complexity index is 597. The summed E-state index contributed by atoms with van der Waals surface area (Å²) in [5.74, 6) is 0.874. The van der Waals surface area contributed by atoms with Crippen molar-refractivity contribution in [3.8, 4) is 0 Å². The lowest BCUT2D eigenvalue weighted by Gasteiger charge is -2.37. The van der Waals surface area contributed by atoms with E-state index in [1.165, 1.54) is 30.4 Å². The molecule has 138 valence electrons. The highest BCUT2D eigenvalue weighted by Gasteiger charge is 2.40. The zero-order valence-electron chi connectivity index (χ0n) is 14.4. The van der Waals surface area contributed by atoms with Crippen molar-refractivity contribution in [2.24, 2.45) is 5.41 Å². The van der Waals surface area contributed by atoms with Crippen molar-refractivity contribution in [2.75, 3.05) is 5.75 Å². The average molecular weight is 365 g/mol. The molecular formula is C19H27NO4S. The topological polar surface area (TPSA) is 86.6 Å². The molecule has 0 saturated heterocycles. The fourth-order valence-corrected chi connectivity index (χ4v) is 4.20. The van der Waals surface area contributed by atoms with Crippen LogP contribution in [0.4, 0.5) is 4.79 Å². The van der Waals surface area contributed by atoms with E-state index in [0.717, 1.165) is 32.1 Å². The van der Waals surface area contributed by atoms with Crippen LogP contribution in [0.5, 0.6) is 0 Å². The SMILES string of the molecule is O=C(NC1CCCCC1)C1(CS)CCc2ccccc2C1.O=C(O)O. The Balaban J connectivity index is 0.000000511. The molecule has 2 aliphatic carbocycles. The van der Waals surface area contributed by atoms with Crippen LogP contribution in [-0.2, 0) is 17.6 Å². The second-order valence-electron chi connectivity index (χ2n) is 6.97. The summed E-state index contributed by atoms with van der Waals surface area (Å²) in [6, 6.07) is 8.92. The fraction of sp³-hybridized carbons (Fsp3) is 0.579. The largest absolute Gasteiger partial charge is 0.503 e. The highest BCUT2D eigenvalue weighted by molar-refractivity contribution is 7.80. The van der Waals surface area contributed by atoms with E-state index in [2.05, 4.69) is 42.2 Å². The molecule has 6 heteroatoms. The molecule has 1 amide bonds. The average Bonchev–Trinajstić information content (AvgIpc) is 2.61. The zero-order chi connectivity index (χ0) is 18.3. The summed E-state index contributed by atoms with van der Waals surface area (Å²) < 4.78 is 0. The van der Waals surface area contributed by atoms with E-state index in [0.29, 0.717) is 11.8 Å². The number of aryl methyl sites for hydroxylation is 1. The van der Waals surface area contributed by atoms with Crippen molar-refractivity contribution in [2.45, 2.75) is 57.4 Å². The zero-order valence-corrected chi connectivity index (χ0v) is 15.3. The lowest BCUT2D eigenvalue weighted by Crippen LogP contribution is -2.49. The van der Waals surface area contributed by atoms with Crippen molar-refractivity contribution in [1.82, 2.24) is 5.32 Å². The summed E-state index contributed by atoms with van der Waals surface area (Å²) >= 11 is 4.54. The maximum Gasteiger partial charge on any atom is 0.503 e. The number of hydrogen-bond acceptors (Lipinski definition) is 3. The molecule has 0 aliphatic heterocycles. The smallest absolute Gasteiger partial charge is 0.450 e. The minimum absolute atomic E-state index is 0.235. The summed E-state index contributed by atoms with van der Waals surface area (Å²) in [5, 5.41) is 17.3. The second kappa shape index (κ2) is 9.13. The van der Waals surface area contributed by atoms with Gasteiger partial charge in [0.05, 0.1) is 5.41 Å². The Kier molecular flexibility index (Phi) is 7.17. The minimum atomic E-state index is -1.83. The summed E-state index contributed by atoms with van der Waals surface area (Å²) in [4.78, 5) is 21.4. The van der Waals surface area contributed by atoms with Crippen LogP contribution in [0.1, 0.15) is 49.7 Å². The molecule has 1 fully saturated rings. The number of rotatable bonds is 3. The number of benzene rings is 1. The minimum Gasteiger partial charge on any atom is -0.450 e. The van der Waals surface area contributed by atoms with Crippen LogP contribution in [0.3, 0.4) is 0 Å². The van der Waals surface area contributed by atoms with Crippen molar-refractivity contribution < 1.29 is 19.8 Å². The third kappa shape index (κ3) is 5.39. The molecule has 2 aliphatic rings. The lowest BCUT2D eigenvalue weighted by atomic mass is 9.72. The van der Waals surface area contributed by atoms with E-state index in [-0.39, 0.29) is 11.3 Å². The van der Waals surface area contributed by atoms with Gasteiger partial charge in [0, 0.05) is 11.8 Å². The van der Waals surface area contributed by atoms with Gasteiger partial charge >= 0.3 is 6.16 Å². The van der Waals surface area contributed by atoms with Crippen LogP contribution < -0.4 is 5.32 Å². The number of thiol groups is 1. The van der Waals surface area contributed by atoms with Crippen LogP contribution in [-0.4, -0.2) is 34.1 Å². The number of hydrogen-bond donors (Lipinski definition) is 4. The highest BCUT2D eigenvalue weighted by atomic mass is 32.1. The third-order valence-electron chi connectivity index (χ3n) is 5.24. The Morgan fingerprint density at radius 1 is 1.12 bits per heavy atom. The van der Waals surface area contributed by atoms with E-state index in [4.69, 9.17) is 15.0 Å². The van der Waals surface area contributed by atoms with Gasteiger partial charge in [0.15, 0.2) is 0 Å². The van der Waals surface area contributed by atoms with Gasteiger partial charge in [-0.25, -0.2) is 4.79 Å². The Hall–Kier alpha value is -1.69. The van der Waals surface area contributed by atoms with Gasteiger partial charge in [-0.15, -0.1) is 0 Å². The summed E-state index contributed by atoms with van der Waals surface area (Å²) in [5.41, 5.74) is 2.42. The summed E-state index contributed by atoms with van der Waals surface area (Å²) in [6.07, 6.45) is 7.03. The second-order valence-corrected chi connectivity index (χ2v) is 7.29. The maximum absolute atomic E-state index is 12.9. The van der Waals surface area contributed by atoms with Crippen molar-refractivity contribution in [3.63, 3.8) is 0 Å². The van der Waals surface area contributed by atoms with E-state index in [1.807, 2.05) is 0 Å². The quantitative estimate of drug-likeness (QED) is 0.614. The van der Waals surface area contributed by atoms with Gasteiger partial charge in [0.25, 0.3) is 0 Å². The van der Waals surface area contributed by atoms with Gasteiger partial charge in [0.2, 0.25) is 5.91 Å². The molecule has 0 radical (unpaired) electrons. The number of nitrogens with one attached hydrogen (secondary N) is 1. The van der Waals surface area contributed by atoms with E-state index in [9.17, 15) is 4.79 Å². The molecule has 0 bridgehead atoms. The van der Waals surface area contributed by atoms with Gasteiger partial charge in [-0.05, 0) is 43.2 Å². The first-order chi connectivity index (χ1) is 12.0. The first-order valence-corrected chi connectivity index (χ1v) is 9.50. The van der Waals surface area contributed by atoms with Crippen LogP contribution in [0.2, 0.25) is 0 Å². The maximum atomic E-state index is 12.9. The third-order valence-corrected chi connectivity index (χ3v) is 5.85. The van der Waals surface area contributed by atoms with Crippen LogP contribution in [0.15, 0.2) is 24.3 Å².